The topological polar surface area (TPSA) is 29.5 Å². The minimum atomic E-state index is -0.253. The van der Waals surface area contributed by atoms with E-state index in [0.717, 1.165) is 25.9 Å². The minimum absolute atomic E-state index is 0.253. The van der Waals surface area contributed by atoms with Crippen molar-refractivity contribution in [1.82, 2.24) is 0 Å². The van der Waals surface area contributed by atoms with Crippen molar-refractivity contribution in [3.05, 3.63) is 0 Å². The van der Waals surface area contributed by atoms with Gasteiger partial charge < -0.3 is 9.84 Å². The Morgan fingerprint density at radius 3 is 2.50 bits per heavy atom. The summed E-state index contributed by atoms with van der Waals surface area (Å²) in [6, 6.07) is 0. The number of aliphatic hydroxyl groups excluding tert-OH is 1. The molecule has 0 heterocycles. The highest BCUT2D eigenvalue weighted by atomic mass is 16.5. The van der Waals surface area contributed by atoms with E-state index in [1.807, 2.05) is 0 Å². The summed E-state index contributed by atoms with van der Waals surface area (Å²) >= 11 is 0. The Kier molecular flexibility index (Phi) is 6.98. The first-order valence-electron chi connectivity index (χ1n) is 4.07. The van der Waals surface area contributed by atoms with Gasteiger partial charge in [-0.15, -0.1) is 0 Å². The predicted octanol–water partition coefficient (Wildman–Crippen LogP) is 1.57. The van der Waals surface area contributed by atoms with Crippen LogP contribution in [0.5, 0.6) is 0 Å². The lowest BCUT2D eigenvalue weighted by Crippen LogP contribution is -2.14. The molecule has 10 heavy (non-hydrogen) atoms. The molecule has 0 saturated carbocycles. The zero-order valence-corrected chi connectivity index (χ0v) is 6.97. The number of hydrogen-bond acceptors (Lipinski definition) is 2. The van der Waals surface area contributed by atoms with Gasteiger partial charge in [-0.05, 0) is 12.8 Å². The highest BCUT2D eigenvalue weighted by Gasteiger charge is 2.00. The van der Waals surface area contributed by atoms with Gasteiger partial charge in [-0.3, -0.25) is 0 Å². The lowest BCUT2D eigenvalue weighted by atomic mass is 10.2. The largest absolute Gasteiger partial charge is 0.391 e. The van der Waals surface area contributed by atoms with E-state index in [1.54, 1.807) is 0 Å². The molecule has 0 aliphatic rings. The maximum absolute atomic E-state index is 9.15. The van der Waals surface area contributed by atoms with Crippen molar-refractivity contribution in [2.24, 2.45) is 0 Å². The zero-order valence-electron chi connectivity index (χ0n) is 6.97. The molecule has 1 N–H and O–H groups in total. The summed E-state index contributed by atoms with van der Waals surface area (Å²) in [6.07, 6.45) is 2.65. The van der Waals surface area contributed by atoms with Crippen molar-refractivity contribution in [2.45, 2.75) is 39.2 Å². The van der Waals surface area contributed by atoms with Crippen LogP contribution in [0.3, 0.4) is 0 Å². The van der Waals surface area contributed by atoms with Gasteiger partial charge in [0.15, 0.2) is 0 Å². The summed E-state index contributed by atoms with van der Waals surface area (Å²) < 4.78 is 5.15. The fourth-order valence-corrected chi connectivity index (χ4v) is 0.780. The molecule has 0 amide bonds. The van der Waals surface area contributed by atoms with E-state index in [1.165, 1.54) is 0 Å². The molecule has 0 aromatic heterocycles. The molecule has 0 bridgehead atoms. The van der Waals surface area contributed by atoms with Crippen molar-refractivity contribution in [2.75, 3.05) is 13.2 Å². The normalized spacial score (nSPS) is 13.5. The maximum atomic E-state index is 9.15. The molecule has 2 heteroatoms. The van der Waals surface area contributed by atoms with Gasteiger partial charge in [-0.2, -0.15) is 0 Å². The third kappa shape index (κ3) is 6.05. The van der Waals surface area contributed by atoms with Crippen molar-refractivity contribution in [3.63, 3.8) is 0 Å². The third-order valence-electron chi connectivity index (χ3n) is 1.28. The lowest BCUT2D eigenvalue weighted by molar-refractivity contribution is 0.0325. The Balaban J connectivity index is 2.97. The fourth-order valence-electron chi connectivity index (χ4n) is 0.780. The zero-order chi connectivity index (χ0) is 7.82. The Bertz CT molecular complexity index is 64.3. The van der Waals surface area contributed by atoms with Crippen LogP contribution < -0.4 is 0 Å². The molecule has 0 radical (unpaired) electrons. The van der Waals surface area contributed by atoms with Crippen LogP contribution in [-0.4, -0.2) is 24.4 Å². The van der Waals surface area contributed by atoms with Crippen molar-refractivity contribution in [1.29, 1.82) is 0 Å². The summed E-state index contributed by atoms with van der Waals surface area (Å²) in [7, 11) is 0. The van der Waals surface area contributed by atoms with Gasteiger partial charge in [-0.1, -0.05) is 20.3 Å². The molecule has 62 valence electrons. The van der Waals surface area contributed by atoms with Gasteiger partial charge in [-0.25, -0.2) is 0 Å². The van der Waals surface area contributed by atoms with Crippen LogP contribution >= 0.6 is 0 Å². The van der Waals surface area contributed by atoms with Crippen LogP contribution in [0.2, 0.25) is 0 Å². The van der Waals surface area contributed by atoms with Gasteiger partial charge in [0.05, 0.1) is 12.7 Å². The molecule has 2 nitrogen and oxygen atoms in total. The van der Waals surface area contributed by atoms with Crippen molar-refractivity contribution < 1.29 is 9.84 Å². The highest BCUT2D eigenvalue weighted by molar-refractivity contribution is 4.50. The first kappa shape index (κ1) is 9.92. The first-order valence-corrected chi connectivity index (χ1v) is 4.07. The third-order valence-corrected chi connectivity index (χ3v) is 1.28. The summed E-state index contributed by atoms with van der Waals surface area (Å²) in [6.45, 7) is 5.39. The highest BCUT2D eigenvalue weighted by Crippen LogP contribution is 1.96. The van der Waals surface area contributed by atoms with Gasteiger partial charge >= 0.3 is 0 Å². The van der Waals surface area contributed by atoms with Gasteiger partial charge in [0, 0.05) is 6.61 Å². The van der Waals surface area contributed by atoms with Gasteiger partial charge in [0.25, 0.3) is 0 Å². The second-order valence-corrected chi connectivity index (χ2v) is 2.52. The fraction of sp³-hybridized carbons (Fsp3) is 1.00. The Morgan fingerprint density at radius 2 is 2.00 bits per heavy atom. The van der Waals surface area contributed by atoms with E-state index < -0.39 is 0 Å². The van der Waals surface area contributed by atoms with E-state index in [-0.39, 0.29) is 6.10 Å². The monoisotopic (exact) mass is 146 g/mol. The molecule has 0 spiro atoms. The number of aliphatic hydroxyl groups is 1. The molecule has 1 unspecified atom stereocenters. The van der Waals surface area contributed by atoms with E-state index in [4.69, 9.17) is 9.84 Å². The molecule has 0 fully saturated rings. The first-order chi connectivity index (χ1) is 4.81. The maximum Gasteiger partial charge on any atom is 0.0773 e. The summed E-state index contributed by atoms with van der Waals surface area (Å²) in [5.41, 5.74) is 0. The SMILES string of the molecule is CCCOCC(O)CCC. The van der Waals surface area contributed by atoms with Crippen LogP contribution in [0.4, 0.5) is 0 Å². The molecule has 0 rings (SSSR count). The minimum Gasteiger partial charge on any atom is -0.391 e. The standard InChI is InChI=1S/C8H18O2/c1-3-5-8(9)7-10-6-4-2/h8-9H,3-7H2,1-2H3. The van der Waals surface area contributed by atoms with E-state index >= 15 is 0 Å². The van der Waals surface area contributed by atoms with Crippen LogP contribution in [0.25, 0.3) is 0 Å². The number of rotatable bonds is 6. The average molecular weight is 146 g/mol. The Labute approximate surface area is 63.2 Å². The summed E-state index contributed by atoms with van der Waals surface area (Å²) in [5.74, 6) is 0. The number of ether oxygens (including phenoxy) is 1. The number of hydrogen-bond donors (Lipinski definition) is 1. The van der Waals surface area contributed by atoms with Gasteiger partial charge in [0.1, 0.15) is 0 Å². The second-order valence-electron chi connectivity index (χ2n) is 2.52. The van der Waals surface area contributed by atoms with Crippen LogP contribution in [0.1, 0.15) is 33.1 Å². The average Bonchev–Trinajstić information content (AvgIpc) is 1.89. The molecule has 0 aromatic rings. The molecule has 0 aliphatic heterocycles. The molecule has 1 atom stereocenters. The Hall–Kier alpha value is -0.0800. The quantitative estimate of drug-likeness (QED) is 0.576. The van der Waals surface area contributed by atoms with Crippen molar-refractivity contribution >= 4 is 0 Å². The molecular formula is C8H18O2. The van der Waals surface area contributed by atoms with Crippen LogP contribution in [0.15, 0.2) is 0 Å². The van der Waals surface area contributed by atoms with Crippen LogP contribution in [0, 0.1) is 0 Å². The van der Waals surface area contributed by atoms with Crippen molar-refractivity contribution in [3.8, 4) is 0 Å². The predicted molar refractivity (Wildman–Crippen MR) is 42.0 cm³/mol. The van der Waals surface area contributed by atoms with Crippen LogP contribution in [-0.2, 0) is 4.74 Å². The van der Waals surface area contributed by atoms with E-state index in [0.29, 0.717) is 6.61 Å². The molecule has 0 aliphatic carbocycles. The van der Waals surface area contributed by atoms with Gasteiger partial charge in [0.2, 0.25) is 0 Å². The summed E-state index contributed by atoms with van der Waals surface area (Å²) in [5, 5.41) is 9.15. The van der Waals surface area contributed by atoms with E-state index in [9.17, 15) is 0 Å². The summed E-state index contributed by atoms with van der Waals surface area (Å²) in [4.78, 5) is 0. The lowest BCUT2D eigenvalue weighted by Gasteiger charge is -2.08. The van der Waals surface area contributed by atoms with E-state index in [2.05, 4.69) is 13.8 Å². The molecular weight excluding hydrogens is 128 g/mol. The smallest absolute Gasteiger partial charge is 0.0773 e. The molecule has 0 aromatic carbocycles. The second kappa shape index (κ2) is 7.03. The Morgan fingerprint density at radius 1 is 1.30 bits per heavy atom. The molecule has 0 saturated heterocycles.